The molecule has 3 aliphatic rings. The van der Waals surface area contributed by atoms with Gasteiger partial charge in [-0.15, -0.1) is 12.4 Å². The summed E-state index contributed by atoms with van der Waals surface area (Å²) in [6.07, 6.45) is 3.68. The Hall–Kier alpha value is -0.280. The Morgan fingerprint density at radius 2 is 1.69 bits per heavy atom. The molecule has 13 heavy (non-hydrogen) atoms. The van der Waals surface area contributed by atoms with E-state index in [0.29, 0.717) is 6.42 Å². The molecule has 3 heterocycles. The molecule has 76 valence electrons. The molecular weight excluding hydrogens is 190 g/mol. The van der Waals surface area contributed by atoms with Crippen molar-refractivity contribution in [2.45, 2.75) is 25.7 Å². The van der Waals surface area contributed by atoms with Crippen molar-refractivity contribution in [2.75, 3.05) is 19.6 Å². The molecule has 0 aliphatic carbocycles. The fraction of sp³-hybridized carbons (Fsp3) is 0.889. The maximum absolute atomic E-state index is 10.6. The molecule has 1 N–H and O–H groups in total. The lowest BCUT2D eigenvalue weighted by Crippen LogP contribution is -2.48. The number of rotatable bonds is 2. The van der Waals surface area contributed by atoms with Crippen molar-refractivity contribution in [3.05, 3.63) is 0 Å². The van der Waals surface area contributed by atoms with Gasteiger partial charge in [-0.05, 0) is 44.3 Å². The average Bonchev–Trinajstić information content (AvgIpc) is 2.05. The maximum atomic E-state index is 10.6. The zero-order chi connectivity index (χ0) is 8.60. The third-order valence-electron chi connectivity index (χ3n) is 3.40. The minimum atomic E-state index is -0.620. The molecule has 0 aromatic carbocycles. The fourth-order valence-electron chi connectivity index (χ4n) is 2.48. The quantitative estimate of drug-likeness (QED) is 0.741. The van der Waals surface area contributed by atoms with E-state index >= 15 is 0 Å². The molecule has 0 spiro atoms. The first kappa shape index (κ1) is 10.8. The van der Waals surface area contributed by atoms with Crippen LogP contribution in [0.4, 0.5) is 0 Å². The number of hydrogen-bond acceptors (Lipinski definition) is 2. The topological polar surface area (TPSA) is 40.5 Å². The summed E-state index contributed by atoms with van der Waals surface area (Å²) in [7, 11) is 0. The standard InChI is InChI=1S/C9H15NO2.ClH/c11-8(12)7-9-1-4-10(5-2-9)6-3-9;/h1-7H2,(H,11,12);1H. The van der Waals surface area contributed by atoms with E-state index in [1.807, 2.05) is 0 Å². The Bertz CT molecular complexity index is 186. The second-order valence-corrected chi connectivity index (χ2v) is 4.16. The second-order valence-electron chi connectivity index (χ2n) is 4.16. The maximum Gasteiger partial charge on any atom is 0.303 e. The number of carboxylic acids is 1. The molecule has 0 radical (unpaired) electrons. The highest BCUT2D eigenvalue weighted by atomic mass is 35.5. The lowest BCUT2D eigenvalue weighted by atomic mass is 9.70. The Morgan fingerprint density at radius 1 is 1.23 bits per heavy atom. The van der Waals surface area contributed by atoms with Gasteiger partial charge in [-0.2, -0.15) is 0 Å². The summed E-state index contributed by atoms with van der Waals surface area (Å²) in [6, 6.07) is 0. The van der Waals surface area contributed by atoms with Gasteiger partial charge in [0.05, 0.1) is 6.42 Å². The Morgan fingerprint density at radius 3 is 2.08 bits per heavy atom. The number of nitrogens with zero attached hydrogens (tertiary/aromatic N) is 1. The van der Waals surface area contributed by atoms with Crippen LogP contribution in [0.5, 0.6) is 0 Å². The normalized spacial score (nSPS) is 36.8. The minimum Gasteiger partial charge on any atom is -0.481 e. The minimum absolute atomic E-state index is 0. The van der Waals surface area contributed by atoms with Gasteiger partial charge >= 0.3 is 5.97 Å². The van der Waals surface area contributed by atoms with Gasteiger partial charge in [-0.1, -0.05) is 0 Å². The van der Waals surface area contributed by atoms with Crippen molar-refractivity contribution < 1.29 is 9.90 Å². The highest BCUT2D eigenvalue weighted by molar-refractivity contribution is 5.85. The average molecular weight is 206 g/mol. The van der Waals surface area contributed by atoms with Gasteiger partial charge in [0.15, 0.2) is 0 Å². The number of hydrogen-bond donors (Lipinski definition) is 1. The zero-order valence-corrected chi connectivity index (χ0v) is 8.48. The van der Waals surface area contributed by atoms with Crippen LogP contribution in [-0.4, -0.2) is 35.6 Å². The number of fused-ring (bicyclic) bond motifs is 3. The van der Waals surface area contributed by atoms with Crippen LogP contribution >= 0.6 is 12.4 Å². The van der Waals surface area contributed by atoms with Gasteiger partial charge in [0, 0.05) is 0 Å². The summed E-state index contributed by atoms with van der Waals surface area (Å²) in [5.41, 5.74) is 0.167. The number of aliphatic carboxylic acids is 1. The molecule has 0 atom stereocenters. The second kappa shape index (κ2) is 3.84. The predicted molar refractivity (Wildman–Crippen MR) is 52.2 cm³/mol. The number of halogens is 1. The van der Waals surface area contributed by atoms with Crippen LogP contribution in [0.3, 0.4) is 0 Å². The summed E-state index contributed by atoms with van der Waals surface area (Å²) in [6.45, 7) is 3.35. The van der Waals surface area contributed by atoms with Crippen LogP contribution in [0.1, 0.15) is 25.7 Å². The molecule has 0 unspecified atom stereocenters. The largest absolute Gasteiger partial charge is 0.481 e. The Labute approximate surface area is 84.5 Å². The van der Waals surface area contributed by atoms with Crippen molar-refractivity contribution in [1.82, 2.24) is 4.90 Å². The Balaban J connectivity index is 0.000000845. The van der Waals surface area contributed by atoms with Crippen molar-refractivity contribution in [3.63, 3.8) is 0 Å². The molecule has 0 aromatic rings. The van der Waals surface area contributed by atoms with Gasteiger partial charge in [0.1, 0.15) is 0 Å². The molecule has 3 saturated heterocycles. The molecule has 3 aliphatic heterocycles. The first-order valence-electron chi connectivity index (χ1n) is 4.64. The molecule has 0 amide bonds. The lowest BCUT2D eigenvalue weighted by Gasteiger charge is -2.47. The SMILES string of the molecule is Cl.O=C(O)CC12CCN(CC1)CC2. The van der Waals surface area contributed by atoms with Gasteiger partial charge in [-0.3, -0.25) is 4.79 Å². The van der Waals surface area contributed by atoms with Crippen LogP contribution in [0.15, 0.2) is 0 Å². The lowest BCUT2D eigenvalue weighted by molar-refractivity contribution is -0.142. The van der Waals surface area contributed by atoms with Crippen LogP contribution in [0, 0.1) is 5.41 Å². The first-order chi connectivity index (χ1) is 5.70. The van der Waals surface area contributed by atoms with E-state index < -0.39 is 5.97 Å². The molecular formula is C9H16ClNO2. The number of piperidine rings is 3. The number of carboxylic acid groups (broad SMARTS) is 1. The molecule has 3 rings (SSSR count). The molecule has 0 aromatic heterocycles. The van der Waals surface area contributed by atoms with Crippen molar-refractivity contribution in [1.29, 1.82) is 0 Å². The predicted octanol–water partition coefficient (Wildman–Crippen LogP) is 1.37. The first-order valence-corrected chi connectivity index (χ1v) is 4.64. The van der Waals surface area contributed by atoms with Crippen LogP contribution in [0.25, 0.3) is 0 Å². The molecule has 4 heteroatoms. The van der Waals surface area contributed by atoms with Crippen LogP contribution < -0.4 is 0 Å². The van der Waals surface area contributed by atoms with Gasteiger partial charge in [0.2, 0.25) is 0 Å². The van der Waals surface area contributed by atoms with E-state index in [1.165, 1.54) is 0 Å². The number of carbonyl (C=O) groups is 1. The zero-order valence-electron chi connectivity index (χ0n) is 7.66. The van der Waals surface area contributed by atoms with E-state index in [2.05, 4.69) is 4.90 Å². The van der Waals surface area contributed by atoms with E-state index in [-0.39, 0.29) is 17.8 Å². The van der Waals surface area contributed by atoms with Gasteiger partial charge < -0.3 is 10.0 Å². The van der Waals surface area contributed by atoms with Crippen molar-refractivity contribution in [3.8, 4) is 0 Å². The molecule has 3 nitrogen and oxygen atoms in total. The monoisotopic (exact) mass is 205 g/mol. The fourth-order valence-corrected chi connectivity index (χ4v) is 2.48. The molecule has 3 fully saturated rings. The van der Waals surface area contributed by atoms with E-state index in [0.717, 1.165) is 38.9 Å². The highest BCUT2D eigenvalue weighted by Crippen LogP contribution is 2.42. The summed E-state index contributed by atoms with van der Waals surface area (Å²) in [5.74, 6) is -0.620. The third kappa shape index (κ3) is 2.15. The summed E-state index contributed by atoms with van der Waals surface area (Å²) >= 11 is 0. The summed E-state index contributed by atoms with van der Waals surface area (Å²) in [4.78, 5) is 13.1. The van der Waals surface area contributed by atoms with E-state index in [1.54, 1.807) is 0 Å². The van der Waals surface area contributed by atoms with Crippen molar-refractivity contribution in [2.24, 2.45) is 5.41 Å². The Kier molecular flexibility index (Phi) is 3.19. The summed E-state index contributed by atoms with van der Waals surface area (Å²) < 4.78 is 0. The van der Waals surface area contributed by atoms with Gasteiger partial charge in [0.25, 0.3) is 0 Å². The summed E-state index contributed by atoms with van der Waals surface area (Å²) in [5, 5.41) is 8.77. The van der Waals surface area contributed by atoms with Crippen molar-refractivity contribution >= 4 is 18.4 Å². The van der Waals surface area contributed by atoms with E-state index in [9.17, 15) is 4.79 Å². The molecule has 2 bridgehead atoms. The van der Waals surface area contributed by atoms with Gasteiger partial charge in [-0.25, -0.2) is 0 Å². The van der Waals surface area contributed by atoms with E-state index in [4.69, 9.17) is 5.11 Å². The van der Waals surface area contributed by atoms with Crippen LogP contribution in [0.2, 0.25) is 0 Å². The third-order valence-corrected chi connectivity index (χ3v) is 3.40. The van der Waals surface area contributed by atoms with Crippen LogP contribution in [-0.2, 0) is 4.79 Å². The smallest absolute Gasteiger partial charge is 0.303 e. The highest BCUT2D eigenvalue weighted by Gasteiger charge is 2.40. The molecule has 0 saturated carbocycles.